The lowest BCUT2D eigenvalue weighted by atomic mass is 10.1. The number of rotatable bonds is 8. The molecular formula is C23H24N2O6S. The van der Waals surface area contributed by atoms with Crippen LogP contribution in [0.5, 0.6) is 11.5 Å². The summed E-state index contributed by atoms with van der Waals surface area (Å²) in [5.41, 5.74) is 0.646. The first kappa shape index (κ1) is 21.8. The predicted molar refractivity (Wildman–Crippen MR) is 119 cm³/mol. The van der Waals surface area contributed by atoms with Crippen molar-refractivity contribution in [1.29, 1.82) is 0 Å². The smallest absolute Gasteiger partial charge is 0.262 e. The highest BCUT2D eigenvalue weighted by atomic mass is 32.2. The van der Waals surface area contributed by atoms with Gasteiger partial charge in [0.25, 0.3) is 15.9 Å². The average molecular weight is 457 g/mol. The van der Waals surface area contributed by atoms with Gasteiger partial charge in [-0.2, -0.15) is 0 Å². The van der Waals surface area contributed by atoms with E-state index in [4.69, 9.17) is 13.9 Å². The molecule has 0 saturated heterocycles. The van der Waals surface area contributed by atoms with Crippen molar-refractivity contribution in [3.05, 3.63) is 72.2 Å². The molecule has 32 heavy (non-hydrogen) atoms. The van der Waals surface area contributed by atoms with Crippen molar-refractivity contribution in [3.8, 4) is 11.5 Å². The number of anilines is 1. The second-order valence-corrected chi connectivity index (χ2v) is 9.17. The number of furan rings is 1. The molecule has 1 aliphatic heterocycles. The number of ether oxygens (including phenoxy) is 2. The Kier molecular flexibility index (Phi) is 6.36. The number of sulfonamides is 1. The van der Waals surface area contributed by atoms with Gasteiger partial charge in [0.1, 0.15) is 19.0 Å². The first-order valence-corrected chi connectivity index (χ1v) is 11.7. The summed E-state index contributed by atoms with van der Waals surface area (Å²) in [6, 6.07) is 14.4. The van der Waals surface area contributed by atoms with Crippen molar-refractivity contribution in [3.63, 3.8) is 0 Å². The van der Waals surface area contributed by atoms with E-state index in [1.165, 1.54) is 18.2 Å². The van der Waals surface area contributed by atoms with Crippen molar-refractivity contribution < 1.29 is 27.1 Å². The van der Waals surface area contributed by atoms with Gasteiger partial charge >= 0.3 is 0 Å². The van der Waals surface area contributed by atoms with Crippen LogP contribution >= 0.6 is 0 Å². The molecule has 2 heterocycles. The summed E-state index contributed by atoms with van der Waals surface area (Å²) in [6.45, 7) is 2.70. The Morgan fingerprint density at radius 3 is 2.62 bits per heavy atom. The van der Waals surface area contributed by atoms with Crippen molar-refractivity contribution in [1.82, 2.24) is 5.32 Å². The number of fused-ring (bicyclic) bond motifs is 1. The van der Waals surface area contributed by atoms with Gasteiger partial charge < -0.3 is 19.2 Å². The van der Waals surface area contributed by atoms with Crippen LogP contribution in [-0.4, -0.2) is 33.6 Å². The number of amides is 1. The van der Waals surface area contributed by atoms with Gasteiger partial charge in [0.15, 0.2) is 11.5 Å². The molecular weight excluding hydrogens is 432 g/mol. The number of carbonyl (C=O) groups excluding carboxylic acids is 1. The number of hydrogen-bond acceptors (Lipinski definition) is 6. The Morgan fingerprint density at radius 2 is 1.84 bits per heavy atom. The van der Waals surface area contributed by atoms with Crippen LogP contribution in [0.3, 0.4) is 0 Å². The number of hydrogen-bond donors (Lipinski definition) is 2. The minimum atomic E-state index is -3.87. The maximum absolute atomic E-state index is 12.8. The molecule has 0 aliphatic carbocycles. The number of carbonyl (C=O) groups is 1. The van der Waals surface area contributed by atoms with Gasteiger partial charge in [0.2, 0.25) is 0 Å². The summed E-state index contributed by atoms with van der Waals surface area (Å²) < 4.78 is 44.4. The van der Waals surface area contributed by atoms with E-state index in [1.54, 1.807) is 30.5 Å². The fraction of sp³-hybridized carbons (Fsp3) is 0.261. The minimum absolute atomic E-state index is 0.0446. The van der Waals surface area contributed by atoms with Crippen LogP contribution < -0.4 is 19.5 Å². The molecule has 0 bridgehead atoms. The number of nitrogens with one attached hydrogen (secondary N) is 2. The quantitative estimate of drug-likeness (QED) is 0.536. The molecule has 3 aromatic rings. The molecule has 1 amide bonds. The van der Waals surface area contributed by atoms with Crippen molar-refractivity contribution in [2.24, 2.45) is 0 Å². The number of benzene rings is 2. The SMILES string of the molecule is CC(CCc1ccco1)NC(=O)c1cccc(NS(=O)(=O)c2ccc3c(c2)OCCO3)c1. The standard InChI is InChI=1S/C23H24N2O6S/c1-16(7-8-19-6-3-11-29-19)24-23(26)17-4-2-5-18(14-17)25-32(27,28)20-9-10-21-22(15-20)31-13-12-30-21/h2-6,9-11,14-16,25H,7-8,12-13H2,1H3,(H,24,26). The van der Waals surface area contributed by atoms with E-state index in [2.05, 4.69) is 10.0 Å². The first-order chi connectivity index (χ1) is 15.4. The van der Waals surface area contributed by atoms with Gasteiger partial charge in [-0.25, -0.2) is 8.42 Å². The Morgan fingerprint density at radius 1 is 1.03 bits per heavy atom. The van der Waals surface area contributed by atoms with Crippen LogP contribution in [0.4, 0.5) is 5.69 Å². The van der Waals surface area contributed by atoms with Crippen LogP contribution in [0.2, 0.25) is 0 Å². The molecule has 1 aromatic heterocycles. The topological polar surface area (TPSA) is 107 Å². The summed E-state index contributed by atoms with van der Waals surface area (Å²) in [4.78, 5) is 12.7. The van der Waals surface area contributed by atoms with E-state index in [9.17, 15) is 13.2 Å². The Bertz CT molecular complexity index is 1190. The largest absolute Gasteiger partial charge is 0.486 e. The van der Waals surface area contributed by atoms with Crippen molar-refractivity contribution >= 4 is 21.6 Å². The molecule has 1 unspecified atom stereocenters. The van der Waals surface area contributed by atoms with Gasteiger partial charge in [-0.15, -0.1) is 0 Å². The molecule has 8 nitrogen and oxygen atoms in total. The highest BCUT2D eigenvalue weighted by molar-refractivity contribution is 7.92. The maximum atomic E-state index is 12.8. The third kappa shape index (κ3) is 5.23. The zero-order chi connectivity index (χ0) is 22.6. The zero-order valence-electron chi connectivity index (χ0n) is 17.5. The van der Waals surface area contributed by atoms with E-state index in [-0.39, 0.29) is 22.5 Å². The van der Waals surface area contributed by atoms with Crippen LogP contribution in [-0.2, 0) is 16.4 Å². The van der Waals surface area contributed by atoms with E-state index in [1.807, 2.05) is 19.1 Å². The highest BCUT2D eigenvalue weighted by Gasteiger charge is 2.20. The summed E-state index contributed by atoms with van der Waals surface area (Å²) in [5, 5.41) is 2.93. The maximum Gasteiger partial charge on any atom is 0.262 e. The van der Waals surface area contributed by atoms with Gasteiger partial charge in [-0.3, -0.25) is 9.52 Å². The van der Waals surface area contributed by atoms with Crippen LogP contribution in [0.1, 0.15) is 29.5 Å². The van der Waals surface area contributed by atoms with Gasteiger partial charge in [-0.05, 0) is 55.8 Å². The lowest BCUT2D eigenvalue weighted by molar-refractivity contribution is 0.0938. The molecule has 1 aliphatic rings. The second kappa shape index (κ2) is 9.35. The normalized spacial score (nSPS) is 13.9. The predicted octanol–water partition coefficient (Wildman–Crippen LogP) is 3.60. The summed E-state index contributed by atoms with van der Waals surface area (Å²) in [6.07, 6.45) is 3.05. The molecule has 0 saturated carbocycles. The Labute approximate surface area is 186 Å². The van der Waals surface area contributed by atoms with E-state index in [0.29, 0.717) is 36.7 Å². The molecule has 9 heteroatoms. The Hall–Kier alpha value is -3.46. The minimum Gasteiger partial charge on any atom is -0.486 e. The van der Waals surface area contributed by atoms with Crippen molar-refractivity contribution in [2.75, 3.05) is 17.9 Å². The summed E-state index contributed by atoms with van der Waals surface area (Å²) in [7, 11) is -3.87. The van der Waals surface area contributed by atoms with Gasteiger partial charge in [-0.1, -0.05) is 6.07 Å². The third-order valence-electron chi connectivity index (χ3n) is 4.98. The van der Waals surface area contributed by atoms with Crippen molar-refractivity contribution in [2.45, 2.75) is 30.7 Å². The highest BCUT2D eigenvalue weighted by Crippen LogP contribution is 2.32. The Balaban J connectivity index is 1.41. The first-order valence-electron chi connectivity index (χ1n) is 10.3. The van der Waals surface area contributed by atoms with E-state index in [0.717, 1.165) is 12.2 Å². The lowest BCUT2D eigenvalue weighted by Gasteiger charge is -2.19. The monoisotopic (exact) mass is 456 g/mol. The molecule has 168 valence electrons. The molecule has 0 fully saturated rings. The molecule has 1 atom stereocenters. The molecule has 0 spiro atoms. The van der Waals surface area contributed by atoms with Gasteiger partial charge in [0, 0.05) is 29.8 Å². The van der Waals surface area contributed by atoms with Crippen LogP contribution in [0.15, 0.2) is 70.2 Å². The number of aryl methyl sites for hydroxylation is 1. The van der Waals surface area contributed by atoms with E-state index < -0.39 is 10.0 Å². The van der Waals surface area contributed by atoms with E-state index >= 15 is 0 Å². The van der Waals surface area contributed by atoms with Crippen LogP contribution in [0, 0.1) is 0 Å². The lowest BCUT2D eigenvalue weighted by Crippen LogP contribution is -2.32. The fourth-order valence-corrected chi connectivity index (χ4v) is 4.39. The van der Waals surface area contributed by atoms with Crippen LogP contribution in [0.25, 0.3) is 0 Å². The fourth-order valence-electron chi connectivity index (χ4n) is 3.32. The zero-order valence-corrected chi connectivity index (χ0v) is 18.4. The molecule has 4 rings (SSSR count). The summed E-state index contributed by atoms with van der Waals surface area (Å²) in [5.74, 6) is 1.48. The molecule has 2 N–H and O–H groups in total. The second-order valence-electron chi connectivity index (χ2n) is 7.48. The summed E-state index contributed by atoms with van der Waals surface area (Å²) >= 11 is 0. The average Bonchev–Trinajstić information content (AvgIpc) is 3.31. The third-order valence-corrected chi connectivity index (χ3v) is 6.36. The molecule has 0 radical (unpaired) electrons. The van der Waals surface area contributed by atoms with Gasteiger partial charge in [0.05, 0.1) is 11.2 Å². The molecule has 2 aromatic carbocycles.